The van der Waals surface area contributed by atoms with E-state index >= 15 is 0 Å². The first kappa shape index (κ1) is 18.2. The van der Waals surface area contributed by atoms with E-state index in [1.165, 1.54) is 4.31 Å². The van der Waals surface area contributed by atoms with Crippen molar-refractivity contribution in [2.24, 2.45) is 0 Å². The monoisotopic (exact) mass is 373 g/mol. The van der Waals surface area contributed by atoms with Gasteiger partial charge >= 0.3 is 0 Å². The molecule has 6 heteroatoms. The van der Waals surface area contributed by atoms with Crippen molar-refractivity contribution >= 4 is 26.0 Å². The summed E-state index contributed by atoms with van der Waals surface area (Å²) in [7, 11) is -3.65. The van der Waals surface area contributed by atoms with Crippen molar-refractivity contribution in [3.8, 4) is 12.3 Å². The van der Waals surface area contributed by atoms with Gasteiger partial charge in [0, 0.05) is 19.2 Å². The number of sulfonamides is 1. The normalized spacial score (nSPS) is 14.7. The van der Waals surface area contributed by atoms with E-state index in [-0.39, 0.29) is 18.0 Å². The molecule has 1 N–H and O–H groups in total. The smallest absolute Gasteiger partial charge is 0.243 e. The summed E-state index contributed by atoms with van der Waals surface area (Å²) in [5.74, 6) is 2.50. The van der Waals surface area contributed by atoms with E-state index in [1.54, 1.807) is 31.2 Å². The van der Waals surface area contributed by atoms with E-state index in [9.17, 15) is 8.42 Å². The molecule has 1 aromatic carbocycles. The molecule has 0 bridgehead atoms. The number of aliphatic hydroxyl groups excluding tert-OH is 1. The molecule has 0 heterocycles. The van der Waals surface area contributed by atoms with Gasteiger partial charge in [0.15, 0.2) is 0 Å². The van der Waals surface area contributed by atoms with Gasteiger partial charge in [-0.25, -0.2) is 8.42 Å². The first-order valence-corrected chi connectivity index (χ1v) is 8.99. The molecule has 2 atom stereocenters. The number of nitrogens with zero attached hydrogens (tertiary/aromatic N) is 1. The standard InChI is InChI=1S/C15H20BrNO3S/c1-4-15(16)13(3)17(10-5-11-18)21(19,20)14-8-6-12(2)7-9-14/h1,6-9,13,15,18H,5,10-11H2,2-3H3/t13-,15+/m0/s1. The summed E-state index contributed by atoms with van der Waals surface area (Å²) in [5.41, 5.74) is 0.992. The number of terminal acetylenes is 1. The third-order valence-corrected chi connectivity index (χ3v) is 6.23. The van der Waals surface area contributed by atoms with Crippen LogP contribution in [0.2, 0.25) is 0 Å². The van der Waals surface area contributed by atoms with Gasteiger partial charge in [-0.15, -0.1) is 6.42 Å². The molecular formula is C15H20BrNO3S. The Morgan fingerprint density at radius 1 is 1.38 bits per heavy atom. The third kappa shape index (κ3) is 4.55. The molecule has 0 amide bonds. The highest BCUT2D eigenvalue weighted by molar-refractivity contribution is 9.09. The summed E-state index contributed by atoms with van der Waals surface area (Å²) >= 11 is 3.31. The minimum absolute atomic E-state index is 0.0738. The van der Waals surface area contributed by atoms with Crippen LogP contribution in [0.4, 0.5) is 0 Å². The van der Waals surface area contributed by atoms with Crippen LogP contribution < -0.4 is 0 Å². The van der Waals surface area contributed by atoms with Crippen LogP contribution in [0.15, 0.2) is 29.2 Å². The van der Waals surface area contributed by atoms with E-state index in [0.29, 0.717) is 6.42 Å². The highest BCUT2D eigenvalue weighted by Gasteiger charge is 2.31. The van der Waals surface area contributed by atoms with Crippen molar-refractivity contribution < 1.29 is 13.5 Å². The molecule has 0 radical (unpaired) electrons. The summed E-state index contributed by atoms with van der Waals surface area (Å²) in [5, 5.41) is 8.99. The number of benzene rings is 1. The van der Waals surface area contributed by atoms with Crippen LogP contribution in [0.25, 0.3) is 0 Å². The second kappa shape index (κ2) is 7.95. The first-order chi connectivity index (χ1) is 9.84. The van der Waals surface area contributed by atoms with Crippen molar-refractivity contribution in [2.45, 2.75) is 36.0 Å². The molecule has 0 spiro atoms. The Morgan fingerprint density at radius 2 is 1.95 bits per heavy atom. The molecular weight excluding hydrogens is 354 g/mol. The van der Waals surface area contributed by atoms with Crippen LogP contribution in [0.1, 0.15) is 18.9 Å². The SMILES string of the molecule is C#C[C@@H](Br)[C@H](C)N(CCCO)S(=O)(=O)c1ccc(C)cc1. The maximum Gasteiger partial charge on any atom is 0.243 e. The van der Waals surface area contributed by atoms with Gasteiger partial charge in [0.1, 0.15) is 0 Å². The number of aryl methyl sites for hydroxylation is 1. The molecule has 0 saturated carbocycles. The average Bonchev–Trinajstić information content (AvgIpc) is 2.46. The predicted molar refractivity (Wildman–Crippen MR) is 87.8 cm³/mol. The van der Waals surface area contributed by atoms with Gasteiger partial charge in [-0.05, 0) is 32.4 Å². The zero-order chi connectivity index (χ0) is 16.0. The number of alkyl halides is 1. The predicted octanol–water partition coefficient (Wildman–Crippen LogP) is 2.15. The van der Waals surface area contributed by atoms with Gasteiger partial charge in [-0.2, -0.15) is 4.31 Å². The van der Waals surface area contributed by atoms with Crippen LogP contribution in [0, 0.1) is 19.3 Å². The minimum Gasteiger partial charge on any atom is -0.396 e. The van der Waals surface area contributed by atoms with Gasteiger partial charge < -0.3 is 5.11 Å². The summed E-state index contributed by atoms with van der Waals surface area (Å²) in [6, 6.07) is 6.28. The second-order valence-electron chi connectivity index (χ2n) is 4.82. The lowest BCUT2D eigenvalue weighted by Gasteiger charge is -2.29. The van der Waals surface area contributed by atoms with E-state index in [2.05, 4.69) is 21.9 Å². The highest BCUT2D eigenvalue weighted by atomic mass is 79.9. The Balaban J connectivity index is 3.17. The maximum atomic E-state index is 12.8. The number of aliphatic hydroxyl groups is 1. The first-order valence-electron chi connectivity index (χ1n) is 6.64. The summed E-state index contributed by atoms with van der Waals surface area (Å²) in [6.07, 6.45) is 5.73. The fourth-order valence-electron chi connectivity index (χ4n) is 1.90. The van der Waals surface area contributed by atoms with Crippen molar-refractivity contribution in [1.29, 1.82) is 0 Å². The topological polar surface area (TPSA) is 57.6 Å². The van der Waals surface area contributed by atoms with Crippen molar-refractivity contribution in [2.75, 3.05) is 13.2 Å². The lowest BCUT2D eigenvalue weighted by molar-refractivity contribution is 0.256. The Bertz CT molecular complexity index is 592. The van der Waals surface area contributed by atoms with Crippen LogP contribution in [-0.2, 0) is 10.0 Å². The van der Waals surface area contributed by atoms with Gasteiger partial charge in [-0.3, -0.25) is 0 Å². The maximum absolute atomic E-state index is 12.8. The molecule has 0 aliphatic carbocycles. The number of halogens is 1. The Morgan fingerprint density at radius 3 is 2.43 bits per heavy atom. The molecule has 0 aliphatic rings. The Hall–Kier alpha value is -0.870. The van der Waals surface area contributed by atoms with Gasteiger partial charge in [0.05, 0.1) is 9.72 Å². The van der Waals surface area contributed by atoms with E-state index in [1.807, 2.05) is 6.92 Å². The minimum atomic E-state index is -3.65. The van der Waals surface area contributed by atoms with Crippen LogP contribution >= 0.6 is 15.9 Å². The number of hydrogen-bond acceptors (Lipinski definition) is 3. The summed E-state index contributed by atoms with van der Waals surface area (Å²) in [6.45, 7) is 3.80. The molecule has 21 heavy (non-hydrogen) atoms. The molecule has 0 aliphatic heterocycles. The average molecular weight is 374 g/mol. The van der Waals surface area contributed by atoms with Crippen molar-refractivity contribution in [1.82, 2.24) is 4.31 Å². The molecule has 0 unspecified atom stereocenters. The van der Waals surface area contributed by atoms with E-state index in [4.69, 9.17) is 11.5 Å². The zero-order valence-corrected chi connectivity index (χ0v) is 14.6. The quantitative estimate of drug-likeness (QED) is 0.588. The van der Waals surface area contributed by atoms with Crippen LogP contribution in [0.5, 0.6) is 0 Å². The van der Waals surface area contributed by atoms with Crippen molar-refractivity contribution in [3.05, 3.63) is 29.8 Å². The number of rotatable bonds is 7. The fraction of sp³-hybridized carbons (Fsp3) is 0.467. The third-order valence-electron chi connectivity index (χ3n) is 3.20. The molecule has 1 aromatic rings. The molecule has 0 fully saturated rings. The largest absolute Gasteiger partial charge is 0.396 e. The zero-order valence-electron chi connectivity index (χ0n) is 12.2. The molecule has 0 aromatic heterocycles. The summed E-state index contributed by atoms with van der Waals surface area (Å²) < 4.78 is 26.9. The van der Waals surface area contributed by atoms with Crippen LogP contribution in [-0.4, -0.2) is 41.9 Å². The highest BCUT2D eigenvalue weighted by Crippen LogP contribution is 2.22. The molecule has 0 saturated heterocycles. The molecule has 1 rings (SSSR count). The number of hydrogen-bond donors (Lipinski definition) is 1. The van der Waals surface area contributed by atoms with E-state index in [0.717, 1.165) is 5.56 Å². The van der Waals surface area contributed by atoms with Gasteiger partial charge in [0.2, 0.25) is 10.0 Å². The Labute approximate surface area is 135 Å². The summed E-state index contributed by atoms with van der Waals surface area (Å²) in [4.78, 5) is -0.161. The van der Waals surface area contributed by atoms with Crippen molar-refractivity contribution in [3.63, 3.8) is 0 Å². The molecule has 4 nitrogen and oxygen atoms in total. The van der Waals surface area contributed by atoms with E-state index < -0.39 is 20.9 Å². The van der Waals surface area contributed by atoms with Crippen LogP contribution in [0.3, 0.4) is 0 Å². The molecule has 116 valence electrons. The Kier molecular flexibility index (Phi) is 6.88. The fourth-order valence-corrected chi connectivity index (χ4v) is 4.02. The second-order valence-corrected chi connectivity index (χ2v) is 7.69. The van der Waals surface area contributed by atoms with Gasteiger partial charge in [-0.1, -0.05) is 39.5 Å². The van der Waals surface area contributed by atoms with Gasteiger partial charge in [0.25, 0.3) is 0 Å². The lowest BCUT2D eigenvalue weighted by atomic mass is 10.2. The lowest BCUT2D eigenvalue weighted by Crippen LogP contribution is -2.43.